The van der Waals surface area contributed by atoms with Crippen LogP contribution in [0.2, 0.25) is 0 Å². The zero-order chi connectivity index (χ0) is 27.2. The number of hydrogen-bond acceptors (Lipinski definition) is 9. The number of carbonyl (C=O) groups is 2. The Bertz CT molecular complexity index is 1340. The zero-order valence-electron chi connectivity index (χ0n) is 21.7. The highest BCUT2D eigenvalue weighted by atomic mass is 16.5. The Kier molecular flexibility index (Phi) is 7.95. The van der Waals surface area contributed by atoms with E-state index in [9.17, 15) is 9.59 Å². The number of aromatic nitrogens is 1. The summed E-state index contributed by atoms with van der Waals surface area (Å²) in [5.74, 6) is 0.719. The molecule has 2 aromatic carbocycles. The average molecular weight is 518 g/mol. The molecule has 2 aliphatic rings. The van der Waals surface area contributed by atoms with Crippen LogP contribution < -0.4 is 36.3 Å². The summed E-state index contributed by atoms with van der Waals surface area (Å²) >= 11 is 0. The van der Waals surface area contributed by atoms with Crippen molar-refractivity contribution in [2.24, 2.45) is 10.7 Å². The highest BCUT2D eigenvalue weighted by Crippen LogP contribution is 2.33. The second kappa shape index (κ2) is 11.5. The fourth-order valence-electron chi connectivity index (χ4n) is 3.82. The Balaban J connectivity index is 1.64. The average Bonchev–Trinajstić information content (AvgIpc) is 2.92. The molecule has 1 atom stereocenters. The molecule has 3 heterocycles. The standard InChI is InChI=1S/C27H31N7O4/c1-16(2)38-21-12-9-18-14-22(21)37-15-30-24(28)17-7-10-19(11-8-17)31-23(18)27(36)33-32-26(35)20-6-5-13-29-25(20)34(3)4/h5-14,16,23,31H,15H2,1-4H3,(H2,28,30)(H,32,35)(H,33,36). The molecular formula is C27H31N7O4. The Labute approximate surface area is 221 Å². The van der Waals surface area contributed by atoms with Crippen molar-refractivity contribution < 1.29 is 19.1 Å². The van der Waals surface area contributed by atoms with Crippen LogP contribution in [-0.4, -0.2) is 49.6 Å². The minimum Gasteiger partial charge on any atom is -0.487 e. The van der Waals surface area contributed by atoms with Gasteiger partial charge in [0.15, 0.2) is 18.2 Å². The molecule has 3 aromatic rings. The lowest BCUT2D eigenvalue weighted by Crippen LogP contribution is -2.45. The van der Waals surface area contributed by atoms with Crippen molar-refractivity contribution >= 4 is 29.2 Å². The summed E-state index contributed by atoms with van der Waals surface area (Å²) in [6.45, 7) is 3.78. The highest BCUT2D eigenvalue weighted by molar-refractivity contribution is 6.00. The smallest absolute Gasteiger partial charge is 0.273 e. The van der Waals surface area contributed by atoms with E-state index in [1.54, 1.807) is 79.8 Å². The number of amides is 2. The number of nitrogens with two attached hydrogens (primary N) is 1. The van der Waals surface area contributed by atoms with Gasteiger partial charge in [-0.05, 0) is 67.9 Å². The minimum absolute atomic E-state index is 0.0365. The van der Waals surface area contributed by atoms with Gasteiger partial charge in [0.05, 0.1) is 11.7 Å². The predicted octanol–water partition coefficient (Wildman–Crippen LogP) is 2.60. The molecule has 11 heteroatoms. The van der Waals surface area contributed by atoms with E-state index in [1.165, 1.54) is 0 Å². The van der Waals surface area contributed by atoms with E-state index >= 15 is 0 Å². The lowest BCUT2D eigenvalue weighted by Gasteiger charge is -2.22. The summed E-state index contributed by atoms with van der Waals surface area (Å²) in [6.07, 6.45) is 1.50. The number of hydrazine groups is 1. The quantitative estimate of drug-likeness (QED) is 0.378. The molecule has 5 N–H and O–H groups in total. The van der Waals surface area contributed by atoms with Crippen molar-refractivity contribution in [3.8, 4) is 11.5 Å². The number of anilines is 2. The molecule has 0 radical (unpaired) electrons. The number of hydrogen-bond donors (Lipinski definition) is 4. The van der Waals surface area contributed by atoms with Crippen LogP contribution in [0.15, 0.2) is 65.8 Å². The van der Waals surface area contributed by atoms with E-state index in [2.05, 4.69) is 26.1 Å². The lowest BCUT2D eigenvalue weighted by atomic mass is 10.0. The first-order chi connectivity index (χ1) is 18.2. The minimum atomic E-state index is -0.891. The molecule has 0 spiro atoms. The summed E-state index contributed by atoms with van der Waals surface area (Å²) in [6, 6.07) is 14.8. The molecular weight excluding hydrogens is 486 g/mol. The molecule has 0 fully saturated rings. The number of ether oxygens (including phenoxy) is 2. The third-order valence-electron chi connectivity index (χ3n) is 5.63. The molecule has 5 rings (SSSR count). The van der Waals surface area contributed by atoms with Gasteiger partial charge in [-0.25, -0.2) is 9.98 Å². The van der Waals surface area contributed by atoms with Crippen LogP contribution in [0.1, 0.15) is 41.4 Å². The zero-order valence-corrected chi connectivity index (χ0v) is 21.7. The van der Waals surface area contributed by atoms with Gasteiger partial charge in [0.25, 0.3) is 11.8 Å². The Morgan fingerprint density at radius 1 is 1.13 bits per heavy atom. The first-order valence-electron chi connectivity index (χ1n) is 12.1. The Morgan fingerprint density at radius 2 is 1.89 bits per heavy atom. The van der Waals surface area contributed by atoms with Gasteiger partial charge in [0.2, 0.25) is 0 Å². The van der Waals surface area contributed by atoms with E-state index in [4.69, 9.17) is 15.2 Å². The fraction of sp³-hybridized carbons (Fsp3) is 0.259. The van der Waals surface area contributed by atoms with Gasteiger partial charge >= 0.3 is 0 Å². The highest BCUT2D eigenvalue weighted by Gasteiger charge is 2.24. The molecule has 4 bridgehead atoms. The van der Waals surface area contributed by atoms with Crippen molar-refractivity contribution in [1.29, 1.82) is 0 Å². The molecule has 1 aromatic heterocycles. The number of pyridine rings is 1. The van der Waals surface area contributed by atoms with Crippen LogP contribution in [0.5, 0.6) is 11.5 Å². The number of rotatable bonds is 5. The predicted molar refractivity (Wildman–Crippen MR) is 145 cm³/mol. The van der Waals surface area contributed by atoms with Crippen LogP contribution >= 0.6 is 0 Å². The van der Waals surface area contributed by atoms with Gasteiger partial charge in [-0.2, -0.15) is 0 Å². The number of fused-ring (bicyclic) bond motifs is 5. The SMILES string of the molecule is CC(C)Oc1ccc2cc1OC/N=C(/N)c1ccc(cc1)NC2C(=O)NNC(=O)c1cccnc1N(C)C. The first-order valence-corrected chi connectivity index (χ1v) is 12.1. The van der Waals surface area contributed by atoms with Gasteiger partial charge in [-0.15, -0.1) is 0 Å². The number of benzene rings is 2. The molecule has 11 nitrogen and oxygen atoms in total. The van der Waals surface area contributed by atoms with E-state index < -0.39 is 17.9 Å². The molecule has 38 heavy (non-hydrogen) atoms. The van der Waals surface area contributed by atoms with Gasteiger partial charge < -0.3 is 25.4 Å². The third kappa shape index (κ3) is 6.12. The maximum absolute atomic E-state index is 13.4. The van der Waals surface area contributed by atoms with Gasteiger partial charge in [-0.1, -0.05) is 6.07 Å². The number of nitrogens with one attached hydrogen (secondary N) is 3. The summed E-state index contributed by atoms with van der Waals surface area (Å²) < 4.78 is 11.8. The maximum Gasteiger partial charge on any atom is 0.273 e. The number of aliphatic imine (C=N–C) groups is 1. The summed E-state index contributed by atoms with van der Waals surface area (Å²) in [5.41, 5.74) is 13.4. The summed E-state index contributed by atoms with van der Waals surface area (Å²) in [7, 11) is 3.57. The normalized spacial score (nSPS) is 15.9. The topological polar surface area (TPSA) is 143 Å². The Morgan fingerprint density at radius 3 is 2.61 bits per heavy atom. The van der Waals surface area contributed by atoms with Gasteiger partial charge in [0, 0.05) is 31.5 Å². The van der Waals surface area contributed by atoms with E-state index in [-0.39, 0.29) is 12.8 Å². The van der Waals surface area contributed by atoms with Crippen molar-refractivity contribution in [3.05, 3.63) is 77.5 Å². The molecule has 1 unspecified atom stereocenters. The van der Waals surface area contributed by atoms with Gasteiger partial charge in [-0.3, -0.25) is 20.4 Å². The Hall–Kier alpha value is -4.80. The first kappa shape index (κ1) is 26.3. The van der Waals surface area contributed by atoms with Crippen molar-refractivity contribution in [2.75, 3.05) is 31.0 Å². The van der Waals surface area contributed by atoms with Crippen LogP contribution in [0, 0.1) is 0 Å². The molecule has 0 saturated heterocycles. The number of carbonyl (C=O) groups excluding carboxylic acids is 2. The molecule has 2 amide bonds. The fourth-order valence-corrected chi connectivity index (χ4v) is 3.82. The van der Waals surface area contributed by atoms with E-state index in [1.807, 2.05) is 13.8 Å². The van der Waals surface area contributed by atoms with Crippen molar-refractivity contribution in [2.45, 2.75) is 26.0 Å². The van der Waals surface area contributed by atoms with Crippen molar-refractivity contribution in [3.63, 3.8) is 0 Å². The summed E-state index contributed by atoms with van der Waals surface area (Å²) in [4.78, 5) is 36.6. The van der Waals surface area contributed by atoms with Crippen LogP contribution in [0.4, 0.5) is 11.5 Å². The summed E-state index contributed by atoms with van der Waals surface area (Å²) in [5, 5.41) is 3.23. The number of nitrogens with zero attached hydrogens (tertiary/aromatic N) is 3. The van der Waals surface area contributed by atoms with Crippen molar-refractivity contribution in [1.82, 2.24) is 15.8 Å². The second-order valence-electron chi connectivity index (χ2n) is 9.06. The largest absolute Gasteiger partial charge is 0.487 e. The maximum atomic E-state index is 13.4. The van der Waals surface area contributed by atoms with E-state index in [0.717, 1.165) is 0 Å². The van der Waals surface area contributed by atoms with Gasteiger partial charge in [0.1, 0.15) is 17.7 Å². The van der Waals surface area contributed by atoms with Crippen LogP contribution in [0.3, 0.4) is 0 Å². The van der Waals surface area contributed by atoms with Crippen LogP contribution in [0.25, 0.3) is 0 Å². The molecule has 2 aliphatic heterocycles. The van der Waals surface area contributed by atoms with Crippen LogP contribution in [-0.2, 0) is 4.79 Å². The molecule has 0 saturated carbocycles. The molecule has 198 valence electrons. The number of amidine groups is 1. The molecule has 0 aliphatic carbocycles. The monoisotopic (exact) mass is 517 g/mol. The van der Waals surface area contributed by atoms with E-state index in [0.29, 0.717) is 45.5 Å². The lowest BCUT2D eigenvalue weighted by molar-refractivity contribution is -0.122. The third-order valence-corrected chi connectivity index (χ3v) is 5.63. The second-order valence-corrected chi connectivity index (χ2v) is 9.06.